The lowest BCUT2D eigenvalue weighted by Gasteiger charge is -2.36. The van der Waals surface area contributed by atoms with E-state index < -0.39 is 0 Å². The second-order valence-electron chi connectivity index (χ2n) is 7.17. The largest absolute Gasteiger partial charge is 0.504 e. The van der Waals surface area contributed by atoms with Gasteiger partial charge in [-0.25, -0.2) is 4.99 Å². The number of phenolic OH excluding ortho intramolecular Hbond substituents is 1. The van der Waals surface area contributed by atoms with Crippen LogP contribution < -0.4 is 14.8 Å². The lowest BCUT2D eigenvalue weighted by atomic mass is 10.2. The Hall–Kier alpha value is -2.93. The van der Waals surface area contributed by atoms with Gasteiger partial charge in [0, 0.05) is 39.3 Å². The van der Waals surface area contributed by atoms with Gasteiger partial charge in [-0.05, 0) is 36.8 Å². The maximum atomic E-state index is 9.97. The maximum absolute atomic E-state index is 9.97. The van der Waals surface area contributed by atoms with E-state index in [0.29, 0.717) is 18.9 Å². The summed E-state index contributed by atoms with van der Waals surface area (Å²) in [5, 5.41) is 13.4. The van der Waals surface area contributed by atoms with Crippen molar-refractivity contribution < 1.29 is 14.6 Å². The Morgan fingerprint density at radius 2 is 1.87 bits per heavy atom. The molecule has 0 aliphatic carbocycles. The predicted octanol–water partition coefficient (Wildman–Crippen LogP) is 2.56. The Kier molecular flexibility index (Phi) is 8.20. The molecule has 30 heavy (non-hydrogen) atoms. The molecule has 0 unspecified atom stereocenters. The minimum absolute atomic E-state index is 0.140. The molecule has 3 rings (SSSR count). The molecule has 0 atom stereocenters. The molecule has 2 N–H and O–H groups in total. The van der Waals surface area contributed by atoms with Crippen molar-refractivity contribution in [1.29, 1.82) is 0 Å². The Morgan fingerprint density at radius 1 is 1.10 bits per heavy atom. The van der Waals surface area contributed by atoms with E-state index in [-0.39, 0.29) is 5.75 Å². The van der Waals surface area contributed by atoms with Crippen molar-refractivity contribution in [3.63, 3.8) is 0 Å². The normalized spacial score (nSPS) is 15.1. The molecule has 162 valence electrons. The number of aromatic hydroxyl groups is 1. The van der Waals surface area contributed by atoms with Gasteiger partial charge in [0.1, 0.15) is 12.4 Å². The fourth-order valence-electron chi connectivity index (χ4n) is 3.42. The minimum Gasteiger partial charge on any atom is -0.504 e. The molecule has 0 aromatic heterocycles. The van der Waals surface area contributed by atoms with Gasteiger partial charge in [0.25, 0.3) is 0 Å². The highest BCUT2D eigenvalue weighted by Crippen LogP contribution is 2.26. The number of piperazine rings is 1. The highest BCUT2D eigenvalue weighted by molar-refractivity contribution is 5.80. The molecule has 2 aromatic carbocycles. The molecule has 1 heterocycles. The van der Waals surface area contributed by atoms with Gasteiger partial charge in [-0.15, -0.1) is 0 Å². The van der Waals surface area contributed by atoms with Crippen molar-refractivity contribution in [2.75, 3.05) is 53.0 Å². The van der Waals surface area contributed by atoms with Crippen LogP contribution in [0.15, 0.2) is 53.5 Å². The highest BCUT2D eigenvalue weighted by Gasteiger charge is 2.19. The van der Waals surface area contributed by atoms with Crippen LogP contribution >= 0.6 is 0 Å². The van der Waals surface area contributed by atoms with E-state index in [2.05, 4.69) is 22.0 Å². The van der Waals surface area contributed by atoms with Gasteiger partial charge in [-0.2, -0.15) is 0 Å². The van der Waals surface area contributed by atoms with Crippen LogP contribution in [-0.4, -0.2) is 73.9 Å². The Morgan fingerprint density at radius 3 is 2.53 bits per heavy atom. The molecule has 2 aromatic rings. The highest BCUT2D eigenvalue weighted by atomic mass is 16.5. The summed E-state index contributed by atoms with van der Waals surface area (Å²) in [6, 6.07) is 15.3. The van der Waals surface area contributed by atoms with E-state index in [1.54, 1.807) is 19.2 Å². The number of hydrogen-bond donors (Lipinski definition) is 2. The lowest BCUT2D eigenvalue weighted by Crippen LogP contribution is -2.53. The molecule has 1 saturated heterocycles. The summed E-state index contributed by atoms with van der Waals surface area (Å²) in [4.78, 5) is 9.48. The predicted molar refractivity (Wildman–Crippen MR) is 119 cm³/mol. The summed E-state index contributed by atoms with van der Waals surface area (Å²) < 4.78 is 10.9. The third-order valence-electron chi connectivity index (χ3n) is 5.08. The van der Waals surface area contributed by atoms with E-state index in [1.165, 1.54) is 0 Å². The molecule has 1 aliphatic heterocycles. The molecule has 0 saturated carbocycles. The summed E-state index contributed by atoms with van der Waals surface area (Å²) in [7, 11) is 1.55. The molecule has 0 radical (unpaired) electrons. The fraction of sp³-hybridized carbons (Fsp3) is 0.435. The summed E-state index contributed by atoms with van der Waals surface area (Å²) in [6.07, 6.45) is 0. The Balaban J connectivity index is 1.48. The van der Waals surface area contributed by atoms with Crippen LogP contribution in [0, 0.1) is 0 Å². The summed E-state index contributed by atoms with van der Waals surface area (Å²) in [5.41, 5.74) is 0.945. The first-order valence-corrected chi connectivity index (χ1v) is 10.5. The number of para-hydroxylation sites is 1. The van der Waals surface area contributed by atoms with Crippen LogP contribution in [0.1, 0.15) is 12.5 Å². The summed E-state index contributed by atoms with van der Waals surface area (Å²) in [6.45, 7) is 8.81. The monoisotopic (exact) mass is 412 g/mol. The van der Waals surface area contributed by atoms with Crippen LogP contribution in [-0.2, 0) is 6.54 Å². The first-order valence-electron chi connectivity index (χ1n) is 10.5. The van der Waals surface area contributed by atoms with Crippen LogP contribution in [0.25, 0.3) is 0 Å². The minimum atomic E-state index is 0.140. The number of guanidine groups is 1. The molecule has 7 heteroatoms. The van der Waals surface area contributed by atoms with Crippen molar-refractivity contribution in [3.05, 3.63) is 54.1 Å². The fourth-order valence-corrected chi connectivity index (χ4v) is 3.42. The molecule has 1 fully saturated rings. The SMILES string of the molecule is CCNC(=NCc1ccc(OC)c(O)c1)N1CCN(CCOc2ccccc2)CC1. The topological polar surface area (TPSA) is 69.6 Å². The number of rotatable bonds is 8. The smallest absolute Gasteiger partial charge is 0.194 e. The third-order valence-corrected chi connectivity index (χ3v) is 5.08. The number of methoxy groups -OCH3 is 1. The van der Waals surface area contributed by atoms with Crippen molar-refractivity contribution in [1.82, 2.24) is 15.1 Å². The molecule has 0 bridgehead atoms. The second kappa shape index (κ2) is 11.3. The average molecular weight is 413 g/mol. The second-order valence-corrected chi connectivity index (χ2v) is 7.17. The van der Waals surface area contributed by atoms with Crippen molar-refractivity contribution in [3.8, 4) is 17.2 Å². The zero-order valence-electron chi connectivity index (χ0n) is 17.9. The van der Waals surface area contributed by atoms with Gasteiger partial charge in [0.15, 0.2) is 17.5 Å². The number of phenols is 1. The first-order chi connectivity index (χ1) is 14.7. The molecule has 7 nitrogen and oxygen atoms in total. The number of benzene rings is 2. The lowest BCUT2D eigenvalue weighted by molar-refractivity contribution is 0.152. The van der Waals surface area contributed by atoms with Crippen LogP contribution in [0.3, 0.4) is 0 Å². The first kappa shape index (κ1) is 21.8. The van der Waals surface area contributed by atoms with Gasteiger partial charge in [-0.1, -0.05) is 24.3 Å². The molecule has 0 amide bonds. The summed E-state index contributed by atoms with van der Waals surface area (Å²) in [5.74, 6) is 2.44. The van der Waals surface area contributed by atoms with Crippen molar-refractivity contribution >= 4 is 5.96 Å². The third kappa shape index (κ3) is 6.29. The summed E-state index contributed by atoms with van der Waals surface area (Å²) >= 11 is 0. The number of nitrogens with one attached hydrogen (secondary N) is 1. The average Bonchev–Trinajstić information content (AvgIpc) is 2.78. The molecular formula is C23H32N4O3. The van der Waals surface area contributed by atoms with Gasteiger partial charge in [0.2, 0.25) is 0 Å². The van der Waals surface area contributed by atoms with Gasteiger partial charge >= 0.3 is 0 Å². The van der Waals surface area contributed by atoms with Crippen molar-refractivity contribution in [2.45, 2.75) is 13.5 Å². The van der Waals surface area contributed by atoms with E-state index in [0.717, 1.165) is 56.5 Å². The van der Waals surface area contributed by atoms with Gasteiger partial charge in [0.05, 0.1) is 13.7 Å². The van der Waals surface area contributed by atoms with Crippen LogP contribution in [0.2, 0.25) is 0 Å². The standard InChI is InChI=1S/C23H32N4O3/c1-3-24-23(25-18-19-9-10-22(29-2)21(28)17-19)27-13-11-26(12-14-27)15-16-30-20-7-5-4-6-8-20/h4-10,17,28H,3,11-16,18H2,1-2H3,(H,24,25). The zero-order chi connectivity index (χ0) is 21.2. The maximum Gasteiger partial charge on any atom is 0.194 e. The van der Waals surface area contributed by atoms with Crippen LogP contribution in [0.4, 0.5) is 0 Å². The van der Waals surface area contributed by atoms with Crippen molar-refractivity contribution in [2.24, 2.45) is 4.99 Å². The zero-order valence-corrected chi connectivity index (χ0v) is 17.9. The Bertz CT molecular complexity index is 805. The van der Waals surface area contributed by atoms with E-state index >= 15 is 0 Å². The van der Waals surface area contributed by atoms with E-state index in [4.69, 9.17) is 14.5 Å². The quantitative estimate of drug-likeness (QED) is 0.513. The van der Waals surface area contributed by atoms with Gasteiger partial charge in [-0.3, -0.25) is 4.90 Å². The number of aliphatic imine (C=N–C) groups is 1. The van der Waals surface area contributed by atoms with E-state index in [1.807, 2.05) is 36.4 Å². The van der Waals surface area contributed by atoms with Gasteiger partial charge < -0.3 is 24.8 Å². The Labute approximate surface area is 178 Å². The van der Waals surface area contributed by atoms with Crippen LogP contribution in [0.5, 0.6) is 17.2 Å². The number of nitrogens with zero attached hydrogens (tertiary/aromatic N) is 3. The number of hydrogen-bond acceptors (Lipinski definition) is 5. The van der Waals surface area contributed by atoms with E-state index in [9.17, 15) is 5.11 Å². The number of ether oxygens (including phenoxy) is 2. The molecule has 1 aliphatic rings. The molecular weight excluding hydrogens is 380 g/mol. The molecule has 0 spiro atoms.